The number of nitrogens with zero attached hydrogens (tertiary/aromatic N) is 1. The molecule has 0 spiro atoms. The predicted molar refractivity (Wildman–Crippen MR) is 133 cm³/mol. The lowest BCUT2D eigenvalue weighted by atomic mass is 10.1. The maximum atomic E-state index is 12.5. The molecule has 31 heavy (non-hydrogen) atoms. The summed E-state index contributed by atoms with van der Waals surface area (Å²) in [6.07, 6.45) is 1.55. The van der Waals surface area contributed by atoms with Gasteiger partial charge in [0.2, 0.25) is 0 Å². The lowest BCUT2D eigenvalue weighted by molar-refractivity contribution is -0.112. The number of nitrogens with one attached hydrogen (secondary N) is 1. The van der Waals surface area contributed by atoms with Gasteiger partial charge in [-0.1, -0.05) is 47.5 Å². The second-order valence-corrected chi connectivity index (χ2v) is 8.70. The van der Waals surface area contributed by atoms with E-state index in [4.69, 9.17) is 27.9 Å². The van der Waals surface area contributed by atoms with Crippen molar-refractivity contribution in [2.75, 3.05) is 5.32 Å². The monoisotopic (exact) mass is 562 g/mol. The van der Waals surface area contributed by atoms with Crippen molar-refractivity contribution in [2.45, 2.75) is 13.5 Å². The first kappa shape index (κ1) is 23.1. The van der Waals surface area contributed by atoms with Crippen LogP contribution in [0.3, 0.4) is 0 Å². The maximum absolute atomic E-state index is 12.5. The summed E-state index contributed by atoms with van der Waals surface area (Å²) in [6.45, 7) is 2.27. The zero-order chi connectivity index (χ0) is 22.4. The van der Waals surface area contributed by atoms with Gasteiger partial charge in [-0.3, -0.25) is 4.79 Å². The number of aryl methyl sites for hydroxylation is 1. The number of carbonyl (C=O) groups excluding carboxylic acids is 1. The zero-order valence-corrected chi connectivity index (χ0v) is 20.1. The number of benzene rings is 3. The van der Waals surface area contributed by atoms with Gasteiger partial charge >= 0.3 is 0 Å². The van der Waals surface area contributed by atoms with E-state index in [2.05, 4.69) is 27.9 Å². The molecule has 0 aliphatic heterocycles. The van der Waals surface area contributed by atoms with Crippen molar-refractivity contribution in [1.29, 1.82) is 5.26 Å². The van der Waals surface area contributed by atoms with Crippen molar-refractivity contribution >= 4 is 63.5 Å². The van der Waals surface area contributed by atoms with Crippen LogP contribution >= 0.6 is 45.8 Å². The molecule has 0 aromatic heterocycles. The molecule has 3 aromatic carbocycles. The molecule has 1 N–H and O–H groups in total. The summed E-state index contributed by atoms with van der Waals surface area (Å²) in [4.78, 5) is 12.5. The summed E-state index contributed by atoms with van der Waals surface area (Å²) in [6, 6.07) is 20.2. The molecular formula is C24H17Cl2IN2O2. The van der Waals surface area contributed by atoms with Crippen molar-refractivity contribution < 1.29 is 9.53 Å². The molecular weight excluding hydrogens is 546 g/mol. The Hall–Kier alpha value is -2.53. The Morgan fingerprint density at radius 1 is 1.13 bits per heavy atom. The van der Waals surface area contributed by atoms with Crippen LogP contribution in [0.25, 0.3) is 6.08 Å². The fraction of sp³-hybridized carbons (Fsp3) is 0.0833. The summed E-state index contributed by atoms with van der Waals surface area (Å²) in [5.41, 5.74) is 3.30. The Morgan fingerprint density at radius 3 is 2.61 bits per heavy atom. The second kappa shape index (κ2) is 10.7. The number of nitriles is 1. The minimum Gasteiger partial charge on any atom is -0.488 e. The van der Waals surface area contributed by atoms with Crippen LogP contribution in [0.5, 0.6) is 5.75 Å². The van der Waals surface area contributed by atoms with Crippen LogP contribution in [-0.2, 0) is 11.4 Å². The zero-order valence-electron chi connectivity index (χ0n) is 16.5. The van der Waals surface area contributed by atoms with Crippen LogP contribution in [0.15, 0.2) is 66.2 Å². The van der Waals surface area contributed by atoms with Gasteiger partial charge < -0.3 is 10.1 Å². The molecule has 3 rings (SSSR count). The van der Waals surface area contributed by atoms with Gasteiger partial charge in [-0.2, -0.15) is 5.26 Å². The van der Waals surface area contributed by atoms with Crippen LogP contribution in [0.1, 0.15) is 16.7 Å². The van der Waals surface area contributed by atoms with Gasteiger partial charge in [0.1, 0.15) is 24.0 Å². The van der Waals surface area contributed by atoms with E-state index in [1.54, 1.807) is 36.4 Å². The van der Waals surface area contributed by atoms with Crippen LogP contribution < -0.4 is 10.1 Å². The van der Waals surface area contributed by atoms with E-state index in [0.29, 0.717) is 28.1 Å². The Bertz CT molecular complexity index is 1200. The van der Waals surface area contributed by atoms with Gasteiger partial charge in [-0.25, -0.2) is 0 Å². The Labute approximate surface area is 204 Å². The molecule has 0 atom stereocenters. The van der Waals surface area contributed by atoms with Crippen LogP contribution in [0, 0.1) is 21.8 Å². The molecule has 0 saturated carbocycles. The van der Waals surface area contributed by atoms with Crippen LogP contribution in [-0.4, -0.2) is 5.91 Å². The van der Waals surface area contributed by atoms with E-state index in [9.17, 15) is 10.1 Å². The highest BCUT2D eigenvalue weighted by molar-refractivity contribution is 14.1. The standard InChI is InChI=1S/C24H17Cl2IN2O2/c1-15-3-2-4-19(9-15)29-24(30)18(13-28)10-16-6-8-23(22(27)12-16)31-14-17-5-7-20(25)21(26)11-17/h2-12H,14H2,1H3,(H,29,30)/b18-10-. The highest BCUT2D eigenvalue weighted by Crippen LogP contribution is 2.26. The number of ether oxygens (including phenoxy) is 1. The third-order valence-corrected chi connectivity index (χ3v) is 5.87. The Morgan fingerprint density at radius 2 is 1.94 bits per heavy atom. The molecule has 4 nitrogen and oxygen atoms in total. The minimum absolute atomic E-state index is 0.0155. The molecule has 156 valence electrons. The molecule has 0 saturated heterocycles. The quantitative estimate of drug-likeness (QED) is 0.199. The van der Waals surface area contributed by atoms with E-state index < -0.39 is 5.91 Å². The Kier molecular flexibility index (Phi) is 7.97. The van der Waals surface area contributed by atoms with Crippen molar-refractivity contribution in [1.82, 2.24) is 0 Å². The lowest BCUT2D eigenvalue weighted by Crippen LogP contribution is -2.13. The van der Waals surface area contributed by atoms with Gasteiger partial charge in [0.15, 0.2) is 0 Å². The molecule has 0 aliphatic carbocycles. The van der Waals surface area contributed by atoms with Crippen molar-refractivity contribution in [3.05, 3.63) is 96.5 Å². The number of carbonyl (C=O) groups is 1. The molecule has 3 aromatic rings. The number of rotatable bonds is 6. The second-order valence-electron chi connectivity index (χ2n) is 6.72. The summed E-state index contributed by atoms with van der Waals surface area (Å²) in [7, 11) is 0. The average Bonchev–Trinajstić information content (AvgIpc) is 2.73. The normalized spacial score (nSPS) is 11.0. The highest BCUT2D eigenvalue weighted by atomic mass is 127. The first-order chi connectivity index (χ1) is 14.9. The highest BCUT2D eigenvalue weighted by Gasteiger charge is 2.11. The maximum Gasteiger partial charge on any atom is 0.266 e. The summed E-state index contributed by atoms with van der Waals surface area (Å²) < 4.78 is 6.72. The van der Waals surface area contributed by atoms with Gasteiger partial charge in [0, 0.05) is 5.69 Å². The van der Waals surface area contributed by atoms with Crippen molar-refractivity contribution in [3.8, 4) is 11.8 Å². The van der Waals surface area contributed by atoms with E-state index in [0.717, 1.165) is 20.3 Å². The third-order valence-electron chi connectivity index (χ3n) is 4.29. The van der Waals surface area contributed by atoms with E-state index in [1.807, 2.05) is 43.3 Å². The molecule has 1 amide bonds. The van der Waals surface area contributed by atoms with Gasteiger partial charge in [0.05, 0.1) is 13.6 Å². The van der Waals surface area contributed by atoms with E-state index >= 15 is 0 Å². The van der Waals surface area contributed by atoms with E-state index in [-0.39, 0.29) is 5.57 Å². The predicted octanol–water partition coefficient (Wildman–Crippen LogP) is 7.03. The van der Waals surface area contributed by atoms with Crippen LogP contribution in [0.4, 0.5) is 5.69 Å². The minimum atomic E-state index is -0.456. The first-order valence-corrected chi connectivity index (χ1v) is 11.1. The number of hydrogen-bond acceptors (Lipinski definition) is 3. The van der Waals surface area contributed by atoms with Crippen LogP contribution in [0.2, 0.25) is 10.0 Å². The molecule has 0 radical (unpaired) electrons. The smallest absolute Gasteiger partial charge is 0.266 e. The molecule has 0 unspecified atom stereocenters. The fourth-order valence-corrected chi connectivity index (χ4v) is 3.77. The SMILES string of the molecule is Cc1cccc(NC(=O)/C(C#N)=C\c2ccc(OCc3ccc(Cl)c(Cl)c3)c(I)c2)c1. The van der Waals surface area contributed by atoms with Gasteiger partial charge in [-0.15, -0.1) is 0 Å². The number of hydrogen-bond donors (Lipinski definition) is 1. The molecule has 0 bridgehead atoms. The molecule has 0 fully saturated rings. The molecule has 7 heteroatoms. The first-order valence-electron chi connectivity index (χ1n) is 9.22. The summed E-state index contributed by atoms with van der Waals surface area (Å²) >= 11 is 14.1. The molecule has 0 heterocycles. The summed E-state index contributed by atoms with van der Waals surface area (Å²) in [5.74, 6) is 0.231. The van der Waals surface area contributed by atoms with E-state index in [1.165, 1.54) is 0 Å². The summed E-state index contributed by atoms with van der Waals surface area (Å²) in [5, 5.41) is 13.2. The van der Waals surface area contributed by atoms with Crippen molar-refractivity contribution in [3.63, 3.8) is 0 Å². The lowest BCUT2D eigenvalue weighted by Gasteiger charge is -2.10. The number of amides is 1. The fourth-order valence-electron chi connectivity index (χ4n) is 2.75. The van der Waals surface area contributed by atoms with Crippen molar-refractivity contribution in [2.24, 2.45) is 0 Å². The largest absolute Gasteiger partial charge is 0.488 e. The number of anilines is 1. The molecule has 0 aliphatic rings. The topological polar surface area (TPSA) is 62.1 Å². The Balaban J connectivity index is 1.71. The average molecular weight is 563 g/mol. The van der Waals surface area contributed by atoms with Gasteiger partial charge in [0.25, 0.3) is 5.91 Å². The van der Waals surface area contributed by atoms with Gasteiger partial charge in [-0.05, 0) is 88.7 Å². The number of halogens is 3. The third kappa shape index (κ3) is 6.47.